The Kier molecular flexibility index (Phi) is 5.36. The number of carbonyl (C=O) groups is 1. The van der Waals surface area contributed by atoms with Gasteiger partial charge in [-0.25, -0.2) is 0 Å². The molecule has 0 N–H and O–H groups in total. The van der Waals surface area contributed by atoms with Gasteiger partial charge < -0.3 is 4.74 Å². The van der Waals surface area contributed by atoms with E-state index in [0.717, 1.165) is 19.6 Å². The van der Waals surface area contributed by atoms with Crippen LogP contribution in [0.4, 0.5) is 0 Å². The summed E-state index contributed by atoms with van der Waals surface area (Å²) in [6.07, 6.45) is 0.468. The van der Waals surface area contributed by atoms with Crippen molar-refractivity contribution >= 4 is 17.3 Å². The number of thiophene rings is 1. The van der Waals surface area contributed by atoms with E-state index >= 15 is 0 Å². The minimum atomic E-state index is -0.139. The van der Waals surface area contributed by atoms with E-state index in [4.69, 9.17) is 0 Å². The van der Waals surface area contributed by atoms with E-state index in [0.29, 0.717) is 6.42 Å². The van der Waals surface area contributed by atoms with E-state index in [-0.39, 0.29) is 5.97 Å². The monoisotopic (exact) mass is 227 g/mol. The van der Waals surface area contributed by atoms with Gasteiger partial charge in [0.1, 0.15) is 0 Å². The van der Waals surface area contributed by atoms with Crippen LogP contribution in [0.1, 0.15) is 18.2 Å². The van der Waals surface area contributed by atoms with Gasteiger partial charge in [0.2, 0.25) is 0 Å². The van der Waals surface area contributed by atoms with Crippen molar-refractivity contribution < 1.29 is 9.53 Å². The normalized spacial score (nSPS) is 10.6. The molecule has 0 spiro atoms. The van der Waals surface area contributed by atoms with Crippen LogP contribution in [0.2, 0.25) is 0 Å². The van der Waals surface area contributed by atoms with Crippen molar-refractivity contribution in [3.63, 3.8) is 0 Å². The topological polar surface area (TPSA) is 29.5 Å². The fourth-order valence-electron chi connectivity index (χ4n) is 1.32. The number of hydrogen-bond acceptors (Lipinski definition) is 4. The predicted molar refractivity (Wildman–Crippen MR) is 61.9 cm³/mol. The van der Waals surface area contributed by atoms with Crippen molar-refractivity contribution in [3.05, 3.63) is 22.4 Å². The van der Waals surface area contributed by atoms with E-state index in [1.165, 1.54) is 12.0 Å². The van der Waals surface area contributed by atoms with Crippen molar-refractivity contribution in [2.45, 2.75) is 19.9 Å². The summed E-state index contributed by atoms with van der Waals surface area (Å²) in [4.78, 5) is 14.6. The van der Waals surface area contributed by atoms with Crippen molar-refractivity contribution in [3.8, 4) is 0 Å². The molecule has 0 radical (unpaired) electrons. The van der Waals surface area contributed by atoms with Crippen LogP contribution in [0.25, 0.3) is 0 Å². The number of carbonyl (C=O) groups excluding carboxylic acids is 1. The highest BCUT2D eigenvalue weighted by molar-refractivity contribution is 7.09. The van der Waals surface area contributed by atoms with Crippen LogP contribution in [0.5, 0.6) is 0 Å². The van der Waals surface area contributed by atoms with Crippen LogP contribution in [0.3, 0.4) is 0 Å². The maximum Gasteiger partial charge on any atom is 0.306 e. The van der Waals surface area contributed by atoms with Gasteiger partial charge in [-0.05, 0) is 18.0 Å². The predicted octanol–water partition coefficient (Wildman–Crippen LogP) is 2.13. The Morgan fingerprint density at radius 2 is 2.40 bits per heavy atom. The first-order chi connectivity index (χ1) is 7.26. The Morgan fingerprint density at radius 3 is 2.93 bits per heavy atom. The molecule has 1 heterocycles. The Bertz CT molecular complexity index is 285. The van der Waals surface area contributed by atoms with Crippen LogP contribution in [0, 0.1) is 0 Å². The molecule has 0 aliphatic carbocycles. The van der Waals surface area contributed by atoms with Gasteiger partial charge in [-0.3, -0.25) is 9.69 Å². The number of esters is 1. The largest absolute Gasteiger partial charge is 0.469 e. The molecule has 0 atom stereocenters. The van der Waals surface area contributed by atoms with Crippen molar-refractivity contribution in [2.75, 3.05) is 20.2 Å². The molecule has 3 nitrogen and oxygen atoms in total. The number of methoxy groups -OCH3 is 1. The standard InChI is InChI=1S/C11H17NO2S/c1-3-12(7-6-11(13)14-2)9-10-5-4-8-15-10/h4-5,8H,3,6-7,9H2,1-2H3. The fourth-order valence-corrected chi connectivity index (χ4v) is 2.07. The van der Waals surface area contributed by atoms with Gasteiger partial charge in [-0.1, -0.05) is 13.0 Å². The van der Waals surface area contributed by atoms with Gasteiger partial charge in [-0.2, -0.15) is 0 Å². The zero-order valence-corrected chi connectivity index (χ0v) is 10.0. The molecule has 1 aromatic heterocycles. The third kappa shape index (κ3) is 4.44. The highest BCUT2D eigenvalue weighted by atomic mass is 32.1. The zero-order chi connectivity index (χ0) is 11.1. The van der Waals surface area contributed by atoms with Gasteiger partial charge in [0.25, 0.3) is 0 Å². The first-order valence-electron chi connectivity index (χ1n) is 5.07. The molecule has 1 aromatic rings. The number of hydrogen-bond donors (Lipinski definition) is 0. The molecular formula is C11H17NO2S. The first-order valence-corrected chi connectivity index (χ1v) is 5.95. The van der Waals surface area contributed by atoms with Gasteiger partial charge in [0.15, 0.2) is 0 Å². The molecule has 0 aliphatic heterocycles. The lowest BCUT2D eigenvalue weighted by atomic mass is 10.3. The summed E-state index contributed by atoms with van der Waals surface area (Å²) in [5, 5.41) is 2.07. The highest BCUT2D eigenvalue weighted by Gasteiger charge is 2.07. The van der Waals surface area contributed by atoms with E-state index in [2.05, 4.69) is 28.0 Å². The molecule has 0 unspecified atom stereocenters. The summed E-state index contributed by atoms with van der Waals surface area (Å²) >= 11 is 1.75. The smallest absolute Gasteiger partial charge is 0.306 e. The zero-order valence-electron chi connectivity index (χ0n) is 9.23. The van der Waals surface area contributed by atoms with E-state index < -0.39 is 0 Å². The molecular weight excluding hydrogens is 210 g/mol. The number of rotatable bonds is 6. The molecule has 1 rings (SSSR count). The fraction of sp³-hybridized carbons (Fsp3) is 0.545. The average Bonchev–Trinajstić information content (AvgIpc) is 2.76. The van der Waals surface area contributed by atoms with Crippen molar-refractivity contribution in [2.24, 2.45) is 0 Å². The summed E-state index contributed by atoms with van der Waals surface area (Å²) in [5.41, 5.74) is 0. The molecule has 0 aromatic carbocycles. The Hall–Kier alpha value is -0.870. The van der Waals surface area contributed by atoms with Gasteiger partial charge >= 0.3 is 5.97 Å². The third-order valence-electron chi connectivity index (χ3n) is 2.27. The van der Waals surface area contributed by atoms with Crippen LogP contribution in [-0.2, 0) is 16.1 Å². The highest BCUT2D eigenvalue weighted by Crippen LogP contribution is 2.11. The van der Waals surface area contributed by atoms with E-state index in [1.807, 2.05) is 6.07 Å². The van der Waals surface area contributed by atoms with Gasteiger partial charge in [0.05, 0.1) is 13.5 Å². The second-order valence-electron chi connectivity index (χ2n) is 3.27. The van der Waals surface area contributed by atoms with E-state index in [1.54, 1.807) is 11.3 Å². The summed E-state index contributed by atoms with van der Waals surface area (Å²) in [5.74, 6) is -0.139. The lowest BCUT2D eigenvalue weighted by Gasteiger charge is -2.18. The molecule has 0 amide bonds. The maximum atomic E-state index is 11.0. The van der Waals surface area contributed by atoms with Crippen LogP contribution >= 0.6 is 11.3 Å². The lowest BCUT2D eigenvalue weighted by Crippen LogP contribution is -2.25. The minimum Gasteiger partial charge on any atom is -0.469 e. The summed E-state index contributed by atoms with van der Waals surface area (Å²) in [6.45, 7) is 4.74. The Labute approximate surface area is 94.7 Å². The average molecular weight is 227 g/mol. The summed E-state index contributed by atoms with van der Waals surface area (Å²) < 4.78 is 4.62. The molecule has 0 fully saturated rings. The van der Waals surface area contributed by atoms with Crippen molar-refractivity contribution in [1.82, 2.24) is 4.90 Å². The van der Waals surface area contributed by atoms with Crippen molar-refractivity contribution in [1.29, 1.82) is 0 Å². The molecule has 0 bridgehead atoms. The second kappa shape index (κ2) is 6.58. The summed E-state index contributed by atoms with van der Waals surface area (Å²) in [7, 11) is 1.43. The van der Waals surface area contributed by atoms with Gasteiger partial charge in [-0.15, -0.1) is 11.3 Å². The first kappa shape index (κ1) is 12.2. The van der Waals surface area contributed by atoms with Gasteiger partial charge in [0, 0.05) is 18.0 Å². The molecule has 84 valence electrons. The maximum absolute atomic E-state index is 11.0. The van der Waals surface area contributed by atoms with Crippen LogP contribution in [0.15, 0.2) is 17.5 Å². The molecule has 15 heavy (non-hydrogen) atoms. The van der Waals surface area contributed by atoms with Crippen LogP contribution in [-0.4, -0.2) is 31.1 Å². The molecule has 0 saturated heterocycles. The third-order valence-corrected chi connectivity index (χ3v) is 3.13. The molecule has 0 saturated carbocycles. The number of ether oxygens (including phenoxy) is 1. The lowest BCUT2D eigenvalue weighted by molar-refractivity contribution is -0.141. The molecule has 4 heteroatoms. The Balaban J connectivity index is 2.33. The van der Waals surface area contributed by atoms with E-state index in [9.17, 15) is 4.79 Å². The molecule has 0 aliphatic rings. The number of nitrogens with zero attached hydrogens (tertiary/aromatic N) is 1. The SMILES string of the molecule is CCN(CCC(=O)OC)Cc1cccs1. The van der Waals surface area contributed by atoms with Crippen LogP contribution < -0.4 is 0 Å². The second-order valence-corrected chi connectivity index (χ2v) is 4.31. The summed E-state index contributed by atoms with van der Waals surface area (Å²) in [6, 6.07) is 4.17. The minimum absolute atomic E-state index is 0.139. The Morgan fingerprint density at radius 1 is 1.60 bits per heavy atom. The quantitative estimate of drug-likeness (QED) is 0.697.